The summed E-state index contributed by atoms with van der Waals surface area (Å²) in [5.74, 6) is 0.905. The van der Waals surface area contributed by atoms with Crippen molar-refractivity contribution in [3.8, 4) is 0 Å². The first-order chi connectivity index (χ1) is 7.38. The predicted octanol–water partition coefficient (Wildman–Crippen LogP) is 2.70. The minimum absolute atomic E-state index is 0.905. The molecule has 1 aromatic rings. The van der Waals surface area contributed by atoms with E-state index in [9.17, 15) is 0 Å². The first-order valence-electron chi connectivity index (χ1n) is 6.00. The molecule has 0 spiro atoms. The Morgan fingerprint density at radius 3 is 3.13 bits per heavy atom. The van der Waals surface area contributed by atoms with Crippen LogP contribution in [0.3, 0.4) is 0 Å². The third kappa shape index (κ3) is 3.03. The van der Waals surface area contributed by atoms with Crippen molar-refractivity contribution >= 4 is 0 Å². The van der Waals surface area contributed by atoms with Crippen LogP contribution in [0.1, 0.15) is 31.9 Å². The minimum Gasteiger partial charge on any atom is -0.297 e. The maximum Gasteiger partial charge on any atom is 0.0543 e. The smallest absolute Gasteiger partial charge is 0.0543 e. The Morgan fingerprint density at radius 1 is 1.47 bits per heavy atom. The van der Waals surface area contributed by atoms with E-state index >= 15 is 0 Å². The van der Waals surface area contributed by atoms with Crippen molar-refractivity contribution < 1.29 is 0 Å². The zero-order valence-corrected chi connectivity index (χ0v) is 9.52. The molecule has 0 aliphatic carbocycles. The van der Waals surface area contributed by atoms with Crippen LogP contribution in [0.25, 0.3) is 0 Å². The van der Waals surface area contributed by atoms with Gasteiger partial charge < -0.3 is 0 Å². The Balaban J connectivity index is 1.89. The molecule has 0 bridgehead atoms. The molecule has 1 saturated heterocycles. The van der Waals surface area contributed by atoms with Gasteiger partial charge in [0.2, 0.25) is 0 Å². The number of aromatic nitrogens is 1. The predicted molar refractivity (Wildman–Crippen MR) is 62.5 cm³/mol. The van der Waals surface area contributed by atoms with Crippen LogP contribution >= 0.6 is 0 Å². The summed E-state index contributed by atoms with van der Waals surface area (Å²) in [5.41, 5.74) is 1.20. The van der Waals surface area contributed by atoms with E-state index in [2.05, 4.69) is 28.9 Å². The topological polar surface area (TPSA) is 16.1 Å². The van der Waals surface area contributed by atoms with Crippen LogP contribution in [0, 0.1) is 5.92 Å². The Kier molecular flexibility index (Phi) is 3.73. The fourth-order valence-corrected chi connectivity index (χ4v) is 2.35. The van der Waals surface area contributed by atoms with Crippen molar-refractivity contribution in [3.05, 3.63) is 30.1 Å². The van der Waals surface area contributed by atoms with Crippen LogP contribution in [0.5, 0.6) is 0 Å². The summed E-state index contributed by atoms with van der Waals surface area (Å²) in [6, 6.07) is 6.17. The number of likely N-dealkylation sites (tertiary alicyclic amines) is 1. The summed E-state index contributed by atoms with van der Waals surface area (Å²) in [7, 11) is 0. The molecule has 2 rings (SSSR count). The largest absolute Gasteiger partial charge is 0.297 e. The lowest BCUT2D eigenvalue weighted by molar-refractivity contribution is 0.163. The van der Waals surface area contributed by atoms with E-state index in [1.54, 1.807) is 0 Å². The van der Waals surface area contributed by atoms with Crippen molar-refractivity contribution in [1.82, 2.24) is 9.88 Å². The van der Waals surface area contributed by atoms with Gasteiger partial charge in [0.25, 0.3) is 0 Å². The molecule has 2 heteroatoms. The molecule has 1 fully saturated rings. The van der Waals surface area contributed by atoms with Gasteiger partial charge in [0.1, 0.15) is 0 Å². The fourth-order valence-electron chi connectivity index (χ4n) is 2.35. The van der Waals surface area contributed by atoms with Gasteiger partial charge in [-0.3, -0.25) is 9.88 Å². The van der Waals surface area contributed by atoms with Gasteiger partial charge in [0.15, 0.2) is 0 Å². The number of nitrogens with zero attached hydrogens (tertiary/aromatic N) is 2. The fraction of sp³-hybridized carbons (Fsp3) is 0.615. The lowest BCUT2D eigenvalue weighted by Gasteiger charge is -2.31. The molecular weight excluding hydrogens is 184 g/mol. The van der Waals surface area contributed by atoms with E-state index in [4.69, 9.17) is 0 Å². The molecule has 1 aliphatic rings. The molecule has 0 N–H and O–H groups in total. The normalized spacial score (nSPS) is 22.9. The minimum atomic E-state index is 0.905. The lowest BCUT2D eigenvalue weighted by atomic mass is 9.95. The maximum absolute atomic E-state index is 4.38. The second-order valence-corrected chi connectivity index (χ2v) is 4.47. The molecule has 2 heterocycles. The SMILES string of the molecule is CCC1CCCN(Cc2ccccn2)C1. The molecule has 1 atom stereocenters. The van der Waals surface area contributed by atoms with E-state index < -0.39 is 0 Å². The molecular formula is C13H20N2. The number of piperidine rings is 1. The summed E-state index contributed by atoms with van der Waals surface area (Å²) < 4.78 is 0. The number of hydrogen-bond acceptors (Lipinski definition) is 2. The van der Waals surface area contributed by atoms with Gasteiger partial charge in [-0.05, 0) is 37.4 Å². The summed E-state index contributed by atoms with van der Waals surface area (Å²) in [4.78, 5) is 6.92. The van der Waals surface area contributed by atoms with Crippen molar-refractivity contribution in [2.45, 2.75) is 32.7 Å². The van der Waals surface area contributed by atoms with E-state index in [1.807, 2.05) is 12.3 Å². The maximum atomic E-state index is 4.38. The highest BCUT2D eigenvalue weighted by Gasteiger charge is 2.18. The zero-order valence-electron chi connectivity index (χ0n) is 9.52. The first-order valence-corrected chi connectivity index (χ1v) is 6.00. The Hall–Kier alpha value is -0.890. The molecule has 2 nitrogen and oxygen atoms in total. The Morgan fingerprint density at radius 2 is 2.40 bits per heavy atom. The van der Waals surface area contributed by atoms with Gasteiger partial charge in [0.05, 0.1) is 5.69 Å². The highest BCUT2D eigenvalue weighted by molar-refractivity contribution is 5.03. The monoisotopic (exact) mass is 204 g/mol. The van der Waals surface area contributed by atoms with Crippen molar-refractivity contribution in [3.63, 3.8) is 0 Å². The molecule has 1 unspecified atom stereocenters. The van der Waals surface area contributed by atoms with E-state index in [0.29, 0.717) is 0 Å². The van der Waals surface area contributed by atoms with Gasteiger partial charge in [-0.25, -0.2) is 0 Å². The van der Waals surface area contributed by atoms with E-state index in [1.165, 1.54) is 38.0 Å². The molecule has 1 aliphatic heterocycles. The quantitative estimate of drug-likeness (QED) is 0.752. The standard InChI is InChI=1S/C13H20N2/c1-2-12-6-5-9-15(10-12)11-13-7-3-4-8-14-13/h3-4,7-8,12H,2,5-6,9-11H2,1H3. The molecule has 0 amide bonds. The van der Waals surface area contributed by atoms with Crippen molar-refractivity contribution in [2.24, 2.45) is 5.92 Å². The van der Waals surface area contributed by atoms with Gasteiger partial charge in [0, 0.05) is 19.3 Å². The Labute approximate surface area is 92.3 Å². The van der Waals surface area contributed by atoms with Crippen molar-refractivity contribution in [1.29, 1.82) is 0 Å². The molecule has 0 aromatic carbocycles. The third-order valence-electron chi connectivity index (χ3n) is 3.29. The lowest BCUT2D eigenvalue weighted by Crippen LogP contribution is -2.34. The number of pyridine rings is 1. The van der Waals surface area contributed by atoms with Crippen LogP contribution < -0.4 is 0 Å². The number of hydrogen-bond donors (Lipinski definition) is 0. The molecule has 0 radical (unpaired) electrons. The molecule has 15 heavy (non-hydrogen) atoms. The van der Waals surface area contributed by atoms with Crippen molar-refractivity contribution in [2.75, 3.05) is 13.1 Å². The highest BCUT2D eigenvalue weighted by atomic mass is 15.1. The average Bonchev–Trinajstić information content (AvgIpc) is 2.31. The van der Waals surface area contributed by atoms with Crippen LogP contribution in [-0.2, 0) is 6.54 Å². The second kappa shape index (κ2) is 5.26. The van der Waals surface area contributed by atoms with E-state index in [0.717, 1.165) is 12.5 Å². The average molecular weight is 204 g/mol. The van der Waals surface area contributed by atoms with Gasteiger partial charge in [-0.2, -0.15) is 0 Å². The summed E-state index contributed by atoms with van der Waals surface area (Å²) in [6.45, 7) is 5.83. The van der Waals surface area contributed by atoms with Gasteiger partial charge in [-0.1, -0.05) is 19.4 Å². The van der Waals surface area contributed by atoms with Crippen LogP contribution in [-0.4, -0.2) is 23.0 Å². The second-order valence-electron chi connectivity index (χ2n) is 4.47. The third-order valence-corrected chi connectivity index (χ3v) is 3.29. The van der Waals surface area contributed by atoms with Gasteiger partial charge >= 0.3 is 0 Å². The van der Waals surface area contributed by atoms with Crippen LogP contribution in [0.15, 0.2) is 24.4 Å². The zero-order chi connectivity index (χ0) is 10.5. The molecule has 82 valence electrons. The van der Waals surface area contributed by atoms with Crippen LogP contribution in [0.2, 0.25) is 0 Å². The summed E-state index contributed by atoms with van der Waals surface area (Å²) in [5, 5.41) is 0. The Bertz CT molecular complexity index is 284. The highest BCUT2D eigenvalue weighted by Crippen LogP contribution is 2.20. The summed E-state index contributed by atoms with van der Waals surface area (Å²) >= 11 is 0. The summed E-state index contributed by atoms with van der Waals surface area (Å²) in [6.07, 6.45) is 5.97. The van der Waals surface area contributed by atoms with Gasteiger partial charge in [-0.15, -0.1) is 0 Å². The molecule has 0 saturated carbocycles. The van der Waals surface area contributed by atoms with E-state index in [-0.39, 0.29) is 0 Å². The van der Waals surface area contributed by atoms with Crippen LogP contribution in [0.4, 0.5) is 0 Å². The molecule has 1 aromatic heterocycles. The number of rotatable bonds is 3. The first kappa shape index (κ1) is 10.6.